The number of fused-ring (bicyclic) bond motifs is 2. The number of nitriles is 1. The zero-order valence-corrected chi connectivity index (χ0v) is 14.6. The molecule has 5 rings (SSSR count). The van der Waals surface area contributed by atoms with Crippen molar-refractivity contribution in [2.75, 3.05) is 18.0 Å². The van der Waals surface area contributed by atoms with Gasteiger partial charge in [-0.25, -0.2) is 4.98 Å². The molecule has 0 N–H and O–H groups in total. The van der Waals surface area contributed by atoms with Crippen molar-refractivity contribution >= 4 is 16.6 Å². The third-order valence-corrected chi connectivity index (χ3v) is 5.57. The summed E-state index contributed by atoms with van der Waals surface area (Å²) >= 11 is 0. The lowest BCUT2D eigenvalue weighted by atomic mass is 9.96. The molecule has 0 saturated carbocycles. The number of para-hydroxylation sites is 1. The molecule has 2 aromatic heterocycles. The zero-order valence-electron chi connectivity index (χ0n) is 14.6. The fourth-order valence-electron chi connectivity index (χ4n) is 4.36. The summed E-state index contributed by atoms with van der Waals surface area (Å²) in [6.07, 6.45) is 4.48. The van der Waals surface area contributed by atoms with Gasteiger partial charge in [0.1, 0.15) is 23.4 Å². The third-order valence-electron chi connectivity index (χ3n) is 5.57. The lowest BCUT2D eigenvalue weighted by Gasteiger charge is -2.34. The standard InChI is InChI=1S/C20H20N6/c21-12-15-11-18(16-6-1-2-7-17(16)22-15)25-9-3-5-14(13-25)20-24-23-19-8-4-10-26(19)20/h1-2,6-7,11,14H,3-5,8-10,13H2. The van der Waals surface area contributed by atoms with Crippen molar-refractivity contribution in [1.82, 2.24) is 19.7 Å². The summed E-state index contributed by atoms with van der Waals surface area (Å²) in [5.74, 6) is 2.67. The predicted molar refractivity (Wildman–Crippen MR) is 99.0 cm³/mol. The molecule has 1 atom stereocenters. The van der Waals surface area contributed by atoms with Gasteiger partial charge in [0.15, 0.2) is 0 Å². The average Bonchev–Trinajstić information content (AvgIpc) is 3.31. The van der Waals surface area contributed by atoms with Crippen LogP contribution in [-0.2, 0) is 13.0 Å². The van der Waals surface area contributed by atoms with Crippen LogP contribution in [0.1, 0.15) is 42.5 Å². The molecular weight excluding hydrogens is 324 g/mol. The van der Waals surface area contributed by atoms with Crippen LogP contribution >= 0.6 is 0 Å². The number of aromatic nitrogens is 4. The number of benzene rings is 1. The topological polar surface area (TPSA) is 70.6 Å². The highest BCUT2D eigenvalue weighted by Crippen LogP contribution is 2.34. The van der Waals surface area contributed by atoms with Gasteiger partial charge in [-0.1, -0.05) is 18.2 Å². The molecule has 0 radical (unpaired) electrons. The van der Waals surface area contributed by atoms with Crippen molar-refractivity contribution in [2.24, 2.45) is 0 Å². The summed E-state index contributed by atoms with van der Waals surface area (Å²) in [6, 6.07) is 12.2. The van der Waals surface area contributed by atoms with E-state index in [2.05, 4.69) is 36.8 Å². The van der Waals surface area contributed by atoms with Crippen LogP contribution in [0.4, 0.5) is 5.69 Å². The van der Waals surface area contributed by atoms with Crippen molar-refractivity contribution in [3.05, 3.63) is 47.7 Å². The number of pyridine rings is 1. The highest BCUT2D eigenvalue weighted by molar-refractivity contribution is 5.92. The lowest BCUT2D eigenvalue weighted by Crippen LogP contribution is -2.35. The van der Waals surface area contributed by atoms with Crippen LogP contribution in [0, 0.1) is 11.3 Å². The normalized spacial score (nSPS) is 19.5. The van der Waals surface area contributed by atoms with E-state index in [9.17, 15) is 5.26 Å². The Kier molecular flexibility index (Phi) is 3.59. The molecular formula is C20H20N6. The molecule has 6 heteroatoms. The molecule has 1 aromatic carbocycles. The fourth-order valence-corrected chi connectivity index (χ4v) is 4.36. The predicted octanol–water partition coefficient (Wildman–Crippen LogP) is 3.03. The SMILES string of the molecule is N#Cc1cc(N2CCCC(c3nnc4n3CCC4)C2)c2ccccc2n1. The molecule has 6 nitrogen and oxygen atoms in total. The van der Waals surface area contributed by atoms with Crippen LogP contribution in [0.5, 0.6) is 0 Å². The number of aryl methyl sites for hydroxylation is 1. The third kappa shape index (κ3) is 2.43. The summed E-state index contributed by atoms with van der Waals surface area (Å²) in [4.78, 5) is 6.85. The Morgan fingerprint density at radius 3 is 2.96 bits per heavy atom. The van der Waals surface area contributed by atoms with Crippen molar-refractivity contribution in [2.45, 2.75) is 38.1 Å². The van der Waals surface area contributed by atoms with Gasteiger partial charge in [-0.3, -0.25) is 0 Å². The Hall–Kier alpha value is -2.94. The van der Waals surface area contributed by atoms with E-state index in [-0.39, 0.29) is 0 Å². The number of piperidine rings is 1. The Labute approximate surface area is 152 Å². The maximum Gasteiger partial charge on any atom is 0.143 e. The molecule has 1 fully saturated rings. The van der Waals surface area contributed by atoms with Crippen LogP contribution in [0.15, 0.2) is 30.3 Å². The summed E-state index contributed by atoms with van der Waals surface area (Å²) in [7, 11) is 0. The van der Waals surface area contributed by atoms with Crippen LogP contribution < -0.4 is 4.90 Å². The molecule has 0 spiro atoms. The Morgan fingerprint density at radius 2 is 2.04 bits per heavy atom. The fraction of sp³-hybridized carbons (Fsp3) is 0.400. The maximum absolute atomic E-state index is 9.38. The van der Waals surface area contributed by atoms with Gasteiger partial charge in [0.05, 0.1) is 5.52 Å². The molecule has 3 aromatic rings. The van der Waals surface area contributed by atoms with Crippen molar-refractivity contribution < 1.29 is 0 Å². The van der Waals surface area contributed by atoms with Gasteiger partial charge in [-0.2, -0.15) is 5.26 Å². The zero-order chi connectivity index (χ0) is 17.5. The molecule has 0 bridgehead atoms. The molecule has 4 heterocycles. The minimum absolute atomic E-state index is 0.389. The largest absolute Gasteiger partial charge is 0.370 e. The van der Waals surface area contributed by atoms with E-state index >= 15 is 0 Å². The van der Waals surface area contributed by atoms with Gasteiger partial charge in [0.2, 0.25) is 0 Å². The van der Waals surface area contributed by atoms with Crippen molar-refractivity contribution in [1.29, 1.82) is 5.26 Å². The van der Waals surface area contributed by atoms with E-state index in [4.69, 9.17) is 0 Å². The van der Waals surface area contributed by atoms with E-state index in [1.165, 1.54) is 6.42 Å². The summed E-state index contributed by atoms with van der Waals surface area (Å²) in [6.45, 7) is 2.96. The Bertz CT molecular complexity index is 1010. The first-order valence-corrected chi connectivity index (χ1v) is 9.30. The minimum Gasteiger partial charge on any atom is -0.370 e. The van der Waals surface area contributed by atoms with Crippen molar-refractivity contribution in [3.8, 4) is 6.07 Å². The van der Waals surface area contributed by atoms with Gasteiger partial charge >= 0.3 is 0 Å². The number of anilines is 1. The monoisotopic (exact) mass is 344 g/mol. The molecule has 2 aliphatic heterocycles. The molecule has 0 amide bonds. The van der Waals surface area contributed by atoms with E-state index in [0.29, 0.717) is 11.6 Å². The minimum atomic E-state index is 0.389. The van der Waals surface area contributed by atoms with E-state index in [1.807, 2.05) is 24.3 Å². The number of hydrogen-bond donors (Lipinski definition) is 0. The average molecular weight is 344 g/mol. The van der Waals surface area contributed by atoms with Gasteiger partial charge in [0, 0.05) is 43.0 Å². The highest BCUT2D eigenvalue weighted by Gasteiger charge is 2.29. The second kappa shape index (κ2) is 6.10. The first kappa shape index (κ1) is 15.3. The summed E-state index contributed by atoms with van der Waals surface area (Å²) in [5, 5.41) is 19.4. The second-order valence-electron chi connectivity index (χ2n) is 7.17. The Morgan fingerprint density at radius 1 is 1.12 bits per heavy atom. The summed E-state index contributed by atoms with van der Waals surface area (Å²) < 4.78 is 2.32. The second-order valence-corrected chi connectivity index (χ2v) is 7.17. The quantitative estimate of drug-likeness (QED) is 0.714. The smallest absolute Gasteiger partial charge is 0.143 e. The maximum atomic E-state index is 9.38. The van der Waals surface area contributed by atoms with Gasteiger partial charge in [0.25, 0.3) is 0 Å². The van der Waals surface area contributed by atoms with Crippen LogP contribution in [-0.4, -0.2) is 32.8 Å². The van der Waals surface area contributed by atoms with Gasteiger partial charge < -0.3 is 9.47 Å². The first-order chi connectivity index (χ1) is 12.8. The highest BCUT2D eigenvalue weighted by atomic mass is 15.3. The van der Waals surface area contributed by atoms with Crippen LogP contribution in [0.2, 0.25) is 0 Å². The molecule has 2 aliphatic rings. The van der Waals surface area contributed by atoms with Crippen molar-refractivity contribution in [3.63, 3.8) is 0 Å². The van der Waals surface area contributed by atoms with Crippen LogP contribution in [0.25, 0.3) is 10.9 Å². The molecule has 26 heavy (non-hydrogen) atoms. The number of hydrogen-bond acceptors (Lipinski definition) is 5. The molecule has 1 saturated heterocycles. The number of nitrogens with zero attached hydrogens (tertiary/aromatic N) is 6. The van der Waals surface area contributed by atoms with E-state index in [0.717, 1.165) is 67.1 Å². The summed E-state index contributed by atoms with van der Waals surface area (Å²) in [5.41, 5.74) is 2.47. The molecule has 130 valence electrons. The first-order valence-electron chi connectivity index (χ1n) is 9.30. The molecule has 1 unspecified atom stereocenters. The van der Waals surface area contributed by atoms with Gasteiger partial charge in [-0.05, 0) is 31.4 Å². The Balaban J connectivity index is 1.52. The lowest BCUT2D eigenvalue weighted by molar-refractivity contribution is 0.473. The van der Waals surface area contributed by atoms with Gasteiger partial charge in [-0.15, -0.1) is 10.2 Å². The number of rotatable bonds is 2. The molecule has 0 aliphatic carbocycles. The van der Waals surface area contributed by atoms with E-state index < -0.39 is 0 Å². The van der Waals surface area contributed by atoms with Crippen LogP contribution in [0.3, 0.4) is 0 Å². The van der Waals surface area contributed by atoms with E-state index in [1.54, 1.807) is 0 Å².